The van der Waals surface area contributed by atoms with E-state index in [4.69, 9.17) is 16.9 Å². The lowest BCUT2D eigenvalue weighted by Crippen LogP contribution is -2.22. The van der Waals surface area contributed by atoms with Crippen molar-refractivity contribution in [3.8, 4) is 6.07 Å². The van der Waals surface area contributed by atoms with Crippen molar-refractivity contribution in [1.29, 1.82) is 5.26 Å². The van der Waals surface area contributed by atoms with Crippen LogP contribution in [0, 0.1) is 11.3 Å². The lowest BCUT2D eigenvalue weighted by Gasteiger charge is -2.11. The highest BCUT2D eigenvalue weighted by molar-refractivity contribution is 7.91. The fourth-order valence-electron chi connectivity index (χ4n) is 2.24. The molecule has 0 saturated heterocycles. The number of benzene rings is 2. The Kier molecular flexibility index (Phi) is 6.83. The van der Waals surface area contributed by atoms with Gasteiger partial charge >= 0.3 is 0 Å². The lowest BCUT2D eigenvalue weighted by molar-refractivity contribution is -0.114. The maximum atomic E-state index is 12.1. The largest absolute Gasteiger partial charge is 0.376 e. The molecule has 0 aliphatic carbocycles. The number of hydrogen-bond acceptors (Lipinski definition) is 5. The van der Waals surface area contributed by atoms with E-state index in [0.717, 1.165) is 0 Å². The van der Waals surface area contributed by atoms with Crippen molar-refractivity contribution in [2.75, 3.05) is 17.2 Å². The molecule has 2 N–H and O–H groups in total. The number of anilines is 2. The van der Waals surface area contributed by atoms with Crippen LogP contribution in [0.5, 0.6) is 0 Å². The van der Waals surface area contributed by atoms with E-state index in [0.29, 0.717) is 22.5 Å². The van der Waals surface area contributed by atoms with Crippen molar-refractivity contribution in [1.82, 2.24) is 0 Å². The summed E-state index contributed by atoms with van der Waals surface area (Å²) in [6.07, 6.45) is 0. The third kappa shape index (κ3) is 5.98. The van der Waals surface area contributed by atoms with Crippen molar-refractivity contribution in [3.05, 3.63) is 58.6 Å². The van der Waals surface area contributed by atoms with Gasteiger partial charge < -0.3 is 10.6 Å². The number of rotatable bonds is 7. The number of amides is 1. The average Bonchev–Trinajstić information content (AvgIpc) is 2.60. The fraction of sp³-hybridized carbons (Fsp3) is 0.263. The molecule has 0 saturated carbocycles. The summed E-state index contributed by atoms with van der Waals surface area (Å²) in [4.78, 5) is 12.1. The topological polar surface area (TPSA) is 99.1 Å². The normalized spacial score (nSPS) is 11.1. The molecular formula is C19H20ClN3O3S. The van der Waals surface area contributed by atoms with Crippen LogP contribution in [0.25, 0.3) is 0 Å². The van der Waals surface area contributed by atoms with E-state index >= 15 is 0 Å². The second-order valence-electron chi connectivity index (χ2n) is 6.26. The Hall–Kier alpha value is -2.56. The first-order valence-electron chi connectivity index (χ1n) is 8.25. The minimum Gasteiger partial charge on any atom is -0.376 e. The molecule has 6 nitrogen and oxygen atoms in total. The molecule has 0 aliphatic rings. The molecule has 2 aromatic rings. The van der Waals surface area contributed by atoms with E-state index in [1.54, 1.807) is 44.2 Å². The zero-order chi connectivity index (χ0) is 20.0. The molecule has 0 radical (unpaired) electrons. The highest BCUT2D eigenvalue weighted by atomic mass is 35.5. The Labute approximate surface area is 164 Å². The number of nitriles is 1. The van der Waals surface area contributed by atoms with Crippen LogP contribution in [0.1, 0.15) is 25.0 Å². The van der Waals surface area contributed by atoms with Gasteiger partial charge in [-0.15, -0.1) is 0 Å². The maximum Gasteiger partial charge on any atom is 0.243 e. The number of nitrogens with zero attached hydrogens (tertiary/aromatic N) is 1. The van der Waals surface area contributed by atoms with Crippen LogP contribution in [0.3, 0.4) is 0 Å². The van der Waals surface area contributed by atoms with E-state index in [1.165, 1.54) is 12.1 Å². The van der Waals surface area contributed by atoms with E-state index in [1.807, 2.05) is 6.07 Å². The van der Waals surface area contributed by atoms with Gasteiger partial charge in [-0.1, -0.05) is 23.7 Å². The molecule has 0 aliphatic heterocycles. The maximum absolute atomic E-state index is 12.1. The van der Waals surface area contributed by atoms with Crippen molar-refractivity contribution in [3.63, 3.8) is 0 Å². The third-order valence-corrected chi connectivity index (χ3v) is 6.32. The molecule has 2 rings (SSSR count). The van der Waals surface area contributed by atoms with E-state index in [2.05, 4.69) is 10.6 Å². The van der Waals surface area contributed by atoms with Crippen LogP contribution < -0.4 is 10.6 Å². The van der Waals surface area contributed by atoms with Crippen molar-refractivity contribution < 1.29 is 13.2 Å². The van der Waals surface area contributed by atoms with E-state index in [-0.39, 0.29) is 23.2 Å². The molecule has 27 heavy (non-hydrogen) atoms. The molecule has 0 fully saturated rings. The standard InChI is InChI=1S/C19H20ClN3O3S/c1-13(2)27(25,26)12-14-4-3-5-16(8-14)22-11-19(24)23-17-7-6-15(10-21)18(20)9-17/h3-9,13,22H,11-12H2,1-2H3,(H,23,24). The van der Waals surface area contributed by atoms with Crippen LogP contribution in [-0.4, -0.2) is 26.1 Å². The summed E-state index contributed by atoms with van der Waals surface area (Å²) in [5.74, 6) is -0.341. The number of nitrogens with one attached hydrogen (secondary N) is 2. The molecule has 0 heterocycles. The number of halogens is 1. The third-order valence-electron chi connectivity index (χ3n) is 3.84. The highest BCUT2D eigenvalue weighted by Gasteiger charge is 2.16. The SMILES string of the molecule is CC(C)S(=O)(=O)Cc1cccc(NCC(=O)Nc2ccc(C#N)c(Cl)c2)c1. The second-order valence-corrected chi connectivity index (χ2v) is 9.23. The van der Waals surface area contributed by atoms with Gasteiger partial charge in [-0.05, 0) is 49.7 Å². The molecule has 142 valence electrons. The van der Waals surface area contributed by atoms with Crippen molar-refractivity contribution >= 4 is 38.7 Å². The average molecular weight is 406 g/mol. The first-order chi connectivity index (χ1) is 12.7. The zero-order valence-electron chi connectivity index (χ0n) is 15.0. The van der Waals surface area contributed by atoms with Crippen LogP contribution in [0.4, 0.5) is 11.4 Å². The van der Waals surface area contributed by atoms with Gasteiger partial charge in [-0.25, -0.2) is 8.42 Å². The van der Waals surface area contributed by atoms with Gasteiger partial charge in [0.05, 0.1) is 28.1 Å². The van der Waals surface area contributed by atoms with Crippen molar-refractivity contribution in [2.24, 2.45) is 0 Å². The Bertz CT molecular complexity index is 982. The van der Waals surface area contributed by atoms with Gasteiger partial charge in [0.15, 0.2) is 9.84 Å². The minimum absolute atomic E-state index is 0.00198. The zero-order valence-corrected chi connectivity index (χ0v) is 16.6. The predicted octanol–water partition coefficient (Wildman–Crippen LogP) is 3.59. The van der Waals surface area contributed by atoms with Crippen molar-refractivity contribution in [2.45, 2.75) is 24.9 Å². The first kappa shape index (κ1) is 20.7. The summed E-state index contributed by atoms with van der Waals surface area (Å²) < 4.78 is 24.1. The summed E-state index contributed by atoms with van der Waals surface area (Å²) in [7, 11) is -3.19. The number of carbonyl (C=O) groups is 1. The monoisotopic (exact) mass is 405 g/mol. The van der Waals surface area contributed by atoms with Crippen LogP contribution in [0.15, 0.2) is 42.5 Å². The summed E-state index contributed by atoms with van der Waals surface area (Å²) in [5, 5.41) is 14.3. The molecule has 2 aromatic carbocycles. The summed E-state index contributed by atoms with van der Waals surface area (Å²) >= 11 is 5.94. The Morgan fingerprint density at radius 3 is 2.56 bits per heavy atom. The molecule has 0 atom stereocenters. The van der Waals surface area contributed by atoms with E-state index in [9.17, 15) is 13.2 Å². The summed E-state index contributed by atoms with van der Waals surface area (Å²) in [5.41, 5.74) is 2.14. The Morgan fingerprint density at radius 2 is 1.93 bits per heavy atom. The lowest BCUT2D eigenvalue weighted by atomic mass is 10.2. The summed E-state index contributed by atoms with van der Waals surface area (Å²) in [6.45, 7) is 3.30. The fourth-order valence-corrected chi connectivity index (χ4v) is 3.44. The van der Waals surface area contributed by atoms with Crippen LogP contribution in [0.2, 0.25) is 5.02 Å². The van der Waals surface area contributed by atoms with Crippen LogP contribution in [-0.2, 0) is 20.4 Å². The minimum atomic E-state index is -3.19. The highest BCUT2D eigenvalue weighted by Crippen LogP contribution is 2.20. The van der Waals surface area contributed by atoms with Gasteiger partial charge in [0.1, 0.15) is 6.07 Å². The second kappa shape index (κ2) is 8.89. The number of sulfone groups is 1. The molecule has 0 aromatic heterocycles. The van der Waals surface area contributed by atoms with Gasteiger partial charge in [0, 0.05) is 11.4 Å². The molecule has 0 bridgehead atoms. The Morgan fingerprint density at radius 1 is 1.19 bits per heavy atom. The van der Waals surface area contributed by atoms with Gasteiger partial charge in [-0.3, -0.25) is 4.79 Å². The van der Waals surface area contributed by atoms with E-state index < -0.39 is 15.1 Å². The smallest absolute Gasteiger partial charge is 0.243 e. The number of hydrogen-bond donors (Lipinski definition) is 2. The quantitative estimate of drug-likeness (QED) is 0.733. The summed E-state index contributed by atoms with van der Waals surface area (Å²) in [6, 6.07) is 13.5. The number of carbonyl (C=O) groups excluding carboxylic acids is 1. The van der Waals surface area contributed by atoms with Gasteiger partial charge in [0.2, 0.25) is 5.91 Å². The molecule has 0 spiro atoms. The first-order valence-corrected chi connectivity index (χ1v) is 10.3. The molecule has 8 heteroatoms. The van der Waals surface area contributed by atoms with Crippen LogP contribution >= 0.6 is 11.6 Å². The molecule has 1 amide bonds. The Balaban J connectivity index is 1.96. The molecule has 0 unspecified atom stereocenters. The van der Waals surface area contributed by atoms with Gasteiger partial charge in [0.25, 0.3) is 0 Å². The predicted molar refractivity (Wildman–Crippen MR) is 107 cm³/mol. The molecular weight excluding hydrogens is 386 g/mol. The van der Waals surface area contributed by atoms with Gasteiger partial charge in [-0.2, -0.15) is 5.26 Å².